The van der Waals surface area contributed by atoms with Gasteiger partial charge < -0.3 is 15.7 Å². The number of nitrogens with one attached hydrogen (secondary N) is 2. The molecule has 7 heteroatoms. The monoisotopic (exact) mass is 312 g/mol. The van der Waals surface area contributed by atoms with Crippen molar-refractivity contribution in [1.82, 2.24) is 10.6 Å². The fourth-order valence-electron chi connectivity index (χ4n) is 2.59. The summed E-state index contributed by atoms with van der Waals surface area (Å²) in [4.78, 5) is 22.4. The summed E-state index contributed by atoms with van der Waals surface area (Å²) in [7, 11) is 0. The average molecular weight is 312 g/mol. The van der Waals surface area contributed by atoms with Crippen LogP contribution in [0.2, 0.25) is 0 Å². The molecule has 120 valence electrons. The maximum atomic E-state index is 14.1. The molecule has 0 heterocycles. The highest BCUT2D eigenvalue weighted by Gasteiger charge is 2.42. The van der Waals surface area contributed by atoms with Gasteiger partial charge in [0.15, 0.2) is 0 Å². The molecule has 1 aliphatic rings. The summed E-state index contributed by atoms with van der Waals surface area (Å²) in [6.07, 6.45) is 0.165. The highest BCUT2D eigenvalue weighted by Crippen LogP contribution is 2.29. The van der Waals surface area contributed by atoms with Gasteiger partial charge in [-0.1, -0.05) is 29.8 Å². The molecule has 5 nitrogen and oxygen atoms in total. The molecule has 22 heavy (non-hydrogen) atoms. The molecule has 1 fully saturated rings. The van der Waals surface area contributed by atoms with Crippen LogP contribution in [-0.2, 0) is 10.7 Å². The predicted octanol–water partition coefficient (Wildman–Crippen LogP) is 2.39. The first-order chi connectivity index (χ1) is 10.3. The fraction of sp³-hybridized carbons (Fsp3) is 0.467. The summed E-state index contributed by atoms with van der Waals surface area (Å²) < 4.78 is 28.2. The van der Waals surface area contributed by atoms with Crippen LogP contribution in [0.4, 0.5) is 13.6 Å². The van der Waals surface area contributed by atoms with Crippen LogP contribution in [0.1, 0.15) is 30.4 Å². The number of hydrogen-bond donors (Lipinski definition) is 3. The summed E-state index contributed by atoms with van der Waals surface area (Å²) in [6, 6.07) is 4.77. The van der Waals surface area contributed by atoms with Crippen molar-refractivity contribution in [3.8, 4) is 0 Å². The Bertz CT molecular complexity index is 560. The Morgan fingerprint density at radius 3 is 2.23 bits per heavy atom. The molecule has 0 radical (unpaired) electrons. The number of carbonyl (C=O) groups excluding carboxylic acids is 1. The summed E-state index contributed by atoms with van der Waals surface area (Å²) in [5.74, 6) is -4.95. The van der Waals surface area contributed by atoms with E-state index in [-0.39, 0.29) is 11.6 Å². The average Bonchev–Trinajstić information content (AvgIpc) is 2.85. The second-order valence-electron chi connectivity index (χ2n) is 5.57. The van der Waals surface area contributed by atoms with E-state index in [9.17, 15) is 18.4 Å². The zero-order valence-electron chi connectivity index (χ0n) is 12.1. The van der Waals surface area contributed by atoms with Gasteiger partial charge in [-0.15, -0.1) is 0 Å². The van der Waals surface area contributed by atoms with Gasteiger partial charge in [-0.3, -0.25) is 4.79 Å². The number of carbonyl (C=O) groups is 2. The van der Waals surface area contributed by atoms with Crippen LogP contribution in [0.15, 0.2) is 24.3 Å². The Balaban J connectivity index is 1.97. The number of halogens is 2. The smallest absolute Gasteiger partial charge is 0.404 e. The van der Waals surface area contributed by atoms with E-state index in [1.807, 2.05) is 0 Å². The van der Waals surface area contributed by atoms with Crippen LogP contribution in [0.5, 0.6) is 0 Å². The molecule has 1 aromatic carbocycles. The van der Waals surface area contributed by atoms with Crippen molar-refractivity contribution in [2.45, 2.75) is 44.2 Å². The van der Waals surface area contributed by atoms with E-state index in [0.29, 0.717) is 19.3 Å². The number of benzene rings is 1. The van der Waals surface area contributed by atoms with Gasteiger partial charge in [-0.2, -0.15) is 8.78 Å². The molecule has 1 unspecified atom stereocenters. The second-order valence-corrected chi connectivity index (χ2v) is 5.57. The van der Waals surface area contributed by atoms with Gasteiger partial charge in [0.25, 0.3) is 5.91 Å². The maximum absolute atomic E-state index is 14.1. The topological polar surface area (TPSA) is 78.4 Å². The quantitative estimate of drug-likeness (QED) is 0.799. The molecule has 3 N–H and O–H groups in total. The van der Waals surface area contributed by atoms with Crippen LogP contribution in [0.25, 0.3) is 0 Å². The summed E-state index contributed by atoms with van der Waals surface area (Å²) in [5.41, 5.74) is 0.479. The highest BCUT2D eigenvalue weighted by atomic mass is 19.3. The molecule has 0 aliphatic heterocycles. The molecule has 2 rings (SSSR count). The van der Waals surface area contributed by atoms with E-state index >= 15 is 0 Å². The lowest BCUT2D eigenvalue weighted by Gasteiger charge is -2.20. The molecule has 0 aromatic heterocycles. The van der Waals surface area contributed by atoms with Gasteiger partial charge in [0.05, 0.1) is 0 Å². The lowest BCUT2D eigenvalue weighted by molar-refractivity contribution is -0.147. The van der Waals surface area contributed by atoms with Crippen molar-refractivity contribution in [2.75, 3.05) is 0 Å². The fourth-order valence-corrected chi connectivity index (χ4v) is 2.59. The standard InChI is InChI=1S/C15H18F2N2O3/c1-9-2-4-10(5-3-9)15(16,17)13(20)18-11-6-7-12(8-11)19-14(21)22/h2-5,11-12,19H,6-8H2,1H3,(H,18,20)(H,21,22)/t11-,12?/m0/s1. The minimum absolute atomic E-state index is 0.309. The van der Waals surface area contributed by atoms with Gasteiger partial charge in [-0.25, -0.2) is 4.79 Å². The van der Waals surface area contributed by atoms with Crippen LogP contribution in [0.3, 0.4) is 0 Å². The Morgan fingerprint density at radius 1 is 1.14 bits per heavy atom. The number of hydrogen-bond acceptors (Lipinski definition) is 2. The van der Waals surface area contributed by atoms with Crippen LogP contribution in [-0.4, -0.2) is 29.2 Å². The molecule has 1 saturated carbocycles. The number of aryl methyl sites for hydroxylation is 1. The predicted molar refractivity (Wildman–Crippen MR) is 75.8 cm³/mol. The van der Waals surface area contributed by atoms with E-state index in [1.54, 1.807) is 6.92 Å². The van der Waals surface area contributed by atoms with Crippen molar-refractivity contribution >= 4 is 12.0 Å². The van der Waals surface area contributed by atoms with Gasteiger partial charge in [-0.05, 0) is 26.2 Å². The van der Waals surface area contributed by atoms with E-state index < -0.39 is 24.0 Å². The molecule has 2 amide bonds. The van der Waals surface area contributed by atoms with Crippen LogP contribution in [0, 0.1) is 6.92 Å². The maximum Gasteiger partial charge on any atom is 0.404 e. The molecule has 2 atom stereocenters. The number of alkyl halides is 2. The third kappa shape index (κ3) is 3.72. The van der Waals surface area contributed by atoms with E-state index in [1.165, 1.54) is 24.3 Å². The van der Waals surface area contributed by atoms with Crippen molar-refractivity contribution in [1.29, 1.82) is 0 Å². The van der Waals surface area contributed by atoms with Gasteiger partial charge in [0, 0.05) is 17.6 Å². The largest absolute Gasteiger partial charge is 0.465 e. The molecule has 1 aromatic rings. The molecule has 0 bridgehead atoms. The number of carboxylic acid groups (broad SMARTS) is 1. The molecular formula is C15H18F2N2O3. The van der Waals surface area contributed by atoms with E-state index in [4.69, 9.17) is 5.11 Å². The van der Waals surface area contributed by atoms with Crippen LogP contribution < -0.4 is 10.6 Å². The minimum Gasteiger partial charge on any atom is -0.465 e. The minimum atomic E-state index is -3.61. The van der Waals surface area contributed by atoms with Crippen molar-refractivity contribution < 1.29 is 23.5 Å². The van der Waals surface area contributed by atoms with Crippen molar-refractivity contribution in [2.24, 2.45) is 0 Å². The number of rotatable bonds is 4. The number of amides is 2. The SMILES string of the molecule is Cc1ccc(C(F)(F)C(=O)N[C@H]2CCC(NC(=O)O)C2)cc1. The Hall–Kier alpha value is -2.18. The molecular weight excluding hydrogens is 294 g/mol. The normalized spacial score (nSPS) is 21.4. The summed E-state index contributed by atoms with van der Waals surface area (Å²) in [5, 5.41) is 13.2. The van der Waals surface area contributed by atoms with Gasteiger partial charge in [0.1, 0.15) is 0 Å². The van der Waals surface area contributed by atoms with Gasteiger partial charge >= 0.3 is 12.0 Å². The highest BCUT2D eigenvalue weighted by molar-refractivity contribution is 5.85. The van der Waals surface area contributed by atoms with Crippen molar-refractivity contribution in [3.63, 3.8) is 0 Å². The summed E-state index contributed by atoms with van der Waals surface area (Å²) >= 11 is 0. The first kappa shape index (κ1) is 16.2. The zero-order valence-corrected chi connectivity index (χ0v) is 12.1. The van der Waals surface area contributed by atoms with E-state index in [0.717, 1.165) is 5.56 Å². The Labute approximate surface area is 126 Å². The summed E-state index contributed by atoms with van der Waals surface area (Å²) in [6.45, 7) is 1.77. The Kier molecular flexibility index (Phi) is 4.63. The third-order valence-corrected chi connectivity index (χ3v) is 3.79. The van der Waals surface area contributed by atoms with Crippen LogP contribution >= 0.6 is 0 Å². The molecule has 0 spiro atoms. The lowest BCUT2D eigenvalue weighted by atomic mass is 10.1. The van der Waals surface area contributed by atoms with Crippen molar-refractivity contribution in [3.05, 3.63) is 35.4 Å². The molecule has 1 aliphatic carbocycles. The first-order valence-corrected chi connectivity index (χ1v) is 7.04. The Morgan fingerprint density at radius 2 is 1.68 bits per heavy atom. The lowest BCUT2D eigenvalue weighted by Crippen LogP contribution is -2.43. The van der Waals surface area contributed by atoms with Gasteiger partial charge in [0.2, 0.25) is 0 Å². The zero-order chi connectivity index (χ0) is 16.3. The molecule has 0 saturated heterocycles. The second kappa shape index (κ2) is 6.29. The first-order valence-electron chi connectivity index (χ1n) is 7.04. The van der Waals surface area contributed by atoms with E-state index in [2.05, 4.69) is 10.6 Å². The third-order valence-electron chi connectivity index (χ3n) is 3.79.